The number of nitrogens with zero attached hydrogens (tertiary/aromatic N) is 2. The van der Waals surface area contributed by atoms with Crippen molar-refractivity contribution in [2.24, 2.45) is 5.92 Å². The summed E-state index contributed by atoms with van der Waals surface area (Å²) in [5.74, 6) is 0.907. The van der Waals surface area contributed by atoms with Gasteiger partial charge in [0.2, 0.25) is 0 Å². The Hall–Kier alpha value is -0.930. The second kappa shape index (κ2) is 7.61. The van der Waals surface area contributed by atoms with Gasteiger partial charge in [0.15, 0.2) is 0 Å². The van der Waals surface area contributed by atoms with Gasteiger partial charge in [0.25, 0.3) is 0 Å². The molecule has 106 valence electrons. The van der Waals surface area contributed by atoms with Crippen molar-refractivity contribution in [2.45, 2.75) is 45.7 Å². The average molecular weight is 261 g/mol. The molecule has 3 heteroatoms. The van der Waals surface area contributed by atoms with Gasteiger partial charge >= 0.3 is 0 Å². The van der Waals surface area contributed by atoms with E-state index in [4.69, 9.17) is 0 Å². The van der Waals surface area contributed by atoms with Crippen molar-refractivity contribution >= 4 is 0 Å². The average Bonchev–Trinajstić information content (AvgIpc) is 3.28. The van der Waals surface area contributed by atoms with Gasteiger partial charge < -0.3 is 5.32 Å². The third kappa shape index (κ3) is 4.92. The van der Waals surface area contributed by atoms with Crippen LogP contribution < -0.4 is 5.32 Å². The minimum absolute atomic E-state index is 0.670. The fourth-order valence-corrected chi connectivity index (χ4v) is 2.51. The molecule has 1 aromatic rings. The largest absolute Gasteiger partial charge is 0.312 e. The minimum Gasteiger partial charge on any atom is -0.312 e. The Labute approximate surface area is 117 Å². The van der Waals surface area contributed by atoms with Crippen LogP contribution in [0.1, 0.15) is 38.8 Å². The van der Waals surface area contributed by atoms with Gasteiger partial charge in [0.05, 0.1) is 5.69 Å². The minimum atomic E-state index is 0.670. The first-order valence-corrected chi connectivity index (χ1v) is 7.69. The normalized spacial score (nSPS) is 16.8. The highest BCUT2D eigenvalue weighted by atomic mass is 15.2. The zero-order chi connectivity index (χ0) is 13.5. The predicted molar refractivity (Wildman–Crippen MR) is 80.0 cm³/mol. The third-order valence-electron chi connectivity index (χ3n) is 3.86. The molecular formula is C16H27N3. The van der Waals surface area contributed by atoms with E-state index in [9.17, 15) is 0 Å². The molecule has 1 aromatic heterocycles. The van der Waals surface area contributed by atoms with Crippen molar-refractivity contribution in [3.05, 3.63) is 30.1 Å². The molecule has 0 spiro atoms. The van der Waals surface area contributed by atoms with Crippen LogP contribution in [-0.2, 0) is 6.54 Å². The smallest absolute Gasteiger partial charge is 0.0543 e. The van der Waals surface area contributed by atoms with Gasteiger partial charge in [-0.1, -0.05) is 19.9 Å². The number of nitrogens with one attached hydrogen (secondary N) is 1. The molecule has 1 aliphatic rings. The summed E-state index contributed by atoms with van der Waals surface area (Å²) >= 11 is 0. The van der Waals surface area contributed by atoms with Crippen molar-refractivity contribution in [3.63, 3.8) is 0 Å². The first-order chi connectivity index (χ1) is 9.33. The summed E-state index contributed by atoms with van der Waals surface area (Å²) in [7, 11) is 0. The number of hydrogen-bond acceptors (Lipinski definition) is 3. The topological polar surface area (TPSA) is 28.2 Å². The lowest BCUT2D eigenvalue weighted by Crippen LogP contribution is -2.42. The lowest BCUT2D eigenvalue weighted by molar-refractivity contribution is 0.231. The Kier molecular flexibility index (Phi) is 5.80. The molecule has 1 heterocycles. The summed E-state index contributed by atoms with van der Waals surface area (Å²) in [6, 6.07) is 6.84. The Morgan fingerprint density at radius 3 is 2.79 bits per heavy atom. The van der Waals surface area contributed by atoms with Crippen LogP contribution in [-0.4, -0.2) is 35.6 Å². The van der Waals surface area contributed by atoms with E-state index in [0.29, 0.717) is 6.04 Å². The number of hydrogen-bond donors (Lipinski definition) is 1. The maximum Gasteiger partial charge on any atom is 0.0543 e. The molecule has 1 aliphatic carbocycles. The summed E-state index contributed by atoms with van der Waals surface area (Å²) in [6.07, 6.45) is 5.91. The highest BCUT2D eigenvalue weighted by Crippen LogP contribution is 2.33. The lowest BCUT2D eigenvalue weighted by atomic mass is 10.1. The van der Waals surface area contributed by atoms with E-state index >= 15 is 0 Å². The summed E-state index contributed by atoms with van der Waals surface area (Å²) in [4.78, 5) is 6.94. The fraction of sp³-hybridized carbons (Fsp3) is 0.688. The summed E-state index contributed by atoms with van der Waals surface area (Å²) in [5, 5.41) is 3.72. The van der Waals surface area contributed by atoms with Crippen molar-refractivity contribution < 1.29 is 0 Å². The van der Waals surface area contributed by atoms with Crippen LogP contribution in [0.15, 0.2) is 24.4 Å². The van der Waals surface area contributed by atoms with Crippen molar-refractivity contribution in [3.8, 4) is 0 Å². The van der Waals surface area contributed by atoms with E-state index < -0.39 is 0 Å². The quantitative estimate of drug-likeness (QED) is 0.741. The van der Waals surface area contributed by atoms with Crippen LogP contribution in [0.4, 0.5) is 0 Å². The molecule has 0 saturated heterocycles. The molecule has 1 unspecified atom stereocenters. The van der Waals surface area contributed by atoms with Gasteiger partial charge in [-0.2, -0.15) is 0 Å². The Balaban J connectivity index is 1.85. The van der Waals surface area contributed by atoms with Gasteiger partial charge in [0.1, 0.15) is 0 Å². The van der Waals surface area contributed by atoms with Crippen LogP contribution in [0.5, 0.6) is 0 Å². The van der Waals surface area contributed by atoms with Gasteiger partial charge in [-0.15, -0.1) is 0 Å². The molecule has 0 amide bonds. The first-order valence-electron chi connectivity index (χ1n) is 7.69. The van der Waals surface area contributed by atoms with E-state index in [-0.39, 0.29) is 0 Å². The molecule has 19 heavy (non-hydrogen) atoms. The van der Waals surface area contributed by atoms with E-state index in [0.717, 1.165) is 32.1 Å². The Morgan fingerprint density at radius 1 is 1.37 bits per heavy atom. The number of rotatable bonds is 9. The van der Waals surface area contributed by atoms with Crippen LogP contribution in [0.3, 0.4) is 0 Å². The van der Waals surface area contributed by atoms with Crippen LogP contribution in [0.2, 0.25) is 0 Å². The van der Waals surface area contributed by atoms with Crippen LogP contribution >= 0.6 is 0 Å². The standard InChI is InChI=1S/C16H27N3/c1-3-10-18-16(14-8-9-14)13-19(4-2)12-15-7-5-6-11-17-15/h5-7,11,14,16,18H,3-4,8-10,12-13H2,1-2H3. The van der Waals surface area contributed by atoms with E-state index in [1.807, 2.05) is 12.3 Å². The van der Waals surface area contributed by atoms with Gasteiger partial charge in [-0.25, -0.2) is 0 Å². The number of likely N-dealkylation sites (N-methyl/N-ethyl adjacent to an activating group) is 1. The highest BCUT2D eigenvalue weighted by Gasteiger charge is 2.31. The third-order valence-corrected chi connectivity index (χ3v) is 3.86. The van der Waals surface area contributed by atoms with Crippen LogP contribution in [0, 0.1) is 5.92 Å². The summed E-state index contributed by atoms with van der Waals surface area (Å²) < 4.78 is 0. The zero-order valence-electron chi connectivity index (χ0n) is 12.3. The maximum atomic E-state index is 4.43. The molecule has 0 radical (unpaired) electrons. The summed E-state index contributed by atoms with van der Waals surface area (Å²) in [6.45, 7) is 8.83. The van der Waals surface area contributed by atoms with Crippen molar-refractivity contribution in [1.29, 1.82) is 0 Å². The second-order valence-corrected chi connectivity index (χ2v) is 5.55. The Bertz CT molecular complexity index is 348. The predicted octanol–water partition coefficient (Wildman–Crippen LogP) is 2.68. The molecule has 2 rings (SSSR count). The number of pyridine rings is 1. The van der Waals surface area contributed by atoms with E-state index in [2.05, 4.69) is 41.2 Å². The summed E-state index contributed by atoms with van der Waals surface area (Å²) in [5.41, 5.74) is 1.18. The molecule has 0 aliphatic heterocycles. The molecule has 0 bridgehead atoms. The lowest BCUT2D eigenvalue weighted by Gasteiger charge is -2.27. The molecule has 1 N–H and O–H groups in total. The molecular weight excluding hydrogens is 234 g/mol. The fourth-order valence-electron chi connectivity index (χ4n) is 2.51. The molecule has 1 fully saturated rings. The zero-order valence-corrected chi connectivity index (χ0v) is 12.3. The van der Waals surface area contributed by atoms with Gasteiger partial charge in [0, 0.05) is 25.3 Å². The monoisotopic (exact) mass is 261 g/mol. The van der Waals surface area contributed by atoms with Gasteiger partial charge in [-0.3, -0.25) is 9.88 Å². The highest BCUT2D eigenvalue weighted by molar-refractivity contribution is 5.03. The number of aromatic nitrogens is 1. The van der Waals surface area contributed by atoms with E-state index in [1.165, 1.54) is 25.0 Å². The second-order valence-electron chi connectivity index (χ2n) is 5.55. The van der Waals surface area contributed by atoms with Crippen LogP contribution in [0.25, 0.3) is 0 Å². The Morgan fingerprint density at radius 2 is 2.21 bits per heavy atom. The molecule has 1 saturated carbocycles. The molecule has 1 atom stereocenters. The maximum absolute atomic E-state index is 4.43. The van der Waals surface area contributed by atoms with Crippen molar-refractivity contribution in [1.82, 2.24) is 15.2 Å². The SMILES string of the molecule is CCCNC(CN(CC)Cc1ccccn1)C1CC1. The van der Waals surface area contributed by atoms with Gasteiger partial charge in [-0.05, 0) is 50.4 Å². The van der Waals surface area contributed by atoms with Crippen molar-refractivity contribution in [2.75, 3.05) is 19.6 Å². The first kappa shape index (κ1) is 14.5. The molecule has 0 aromatic carbocycles. The van der Waals surface area contributed by atoms with E-state index in [1.54, 1.807) is 0 Å². The molecule has 3 nitrogen and oxygen atoms in total.